The fourth-order valence-corrected chi connectivity index (χ4v) is 3.44. The quantitative estimate of drug-likeness (QED) is 0.513. The second kappa shape index (κ2) is 8.75. The molecule has 2 rings (SSSR count). The molecule has 26 heavy (non-hydrogen) atoms. The Morgan fingerprint density at radius 1 is 1.31 bits per heavy atom. The van der Waals surface area contributed by atoms with Gasteiger partial charge in [-0.2, -0.15) is 0 Å². The molecule has 8 heteroatoms. The van der Waals surface area contributed by atoms with Gasteiger partial charge >= 0.3 is 5.97 Å². The molecule has 0 spiro atoms. The van der Waals surface area contributed by atoms with Gasteiger partial charge in [-0.3, -0.25) is 14.9 Å². The van der Waals surface area contributed by atoms with Crippen LogP contribution < -0.4 is 5.32 Å². The maximum atomic E-state index is 12.8. The molecule has 1 aromatic rings. The second-order valence-corrected chi connectivity index (χ2v) is 6.72. The maximum absolute atomic E-state index is 12.8. The van der Waals surface area contributed by atoms with Crippen molar-refractivity contribution in [2.45, 2.75) is 44.6 Å². The number of hydrogen-bond acceptors (Lipinski definition) is 5. The van der Waals surface area contributed by atoms with Gasteiger partial charge in [0.2, 0.25) is 5.91 Å². The SMILES string of the molecule is COCCC1(C(=O)N[C@@H](Cc2ccc([N+](=O)[O-])cc2)C(=O)O)CCCC1. The number of benzene rings is 1. The van der Waals surface area contributed by atoms with Crippen LogP contribution >= 0.6 is 0 Å². The number of amides is 1. The summed E-state index contributed by atoms with van der Waals surface area (Å²) in [6, 6.07) is 4.59. The molecule has 1 aliphatic carbocycles. The Labute approximate surface area is 151 Å². The van der Waals surface area contributed by atoms with Crippen LogP contribution in [0.15, 0.2) is 24.3 Å². The lowest BCUT2D eigenvalue weighted by atomic mass is 9.81. The fraction of sp³-hybridized carbons (Fsp3) is 0.556. The Bertz CT molecular complexity index is 652. The van der Waals surface area contributed by atoms with Crippen LogP contribution in [0.25, 0.3) is 0 Å². The first-order valence-electron chi connectivity index (χ1n) is 8.64. The lowest BCUT2D eigenvalue weighted by Crippen LogP contribution is -2.49. The van der Waals surface area contributed by atoms with Gasteiger partial charge in [0.25, 0.3) is 5.69 Å². The molecule has 0 bridgehead atoms. The Hall–Kier alpha value is -2.48. The number of ether oxygens (including phenoxy) is 1. The molecule has 1 aromatic carbocycles. The molecule has 142 valence electrons. The number of nitrogens with one attached hydrogen (secondary N) is 1. The third kappa shape index (κ3) is 4.78. The molecule has 8 nitrogen and oxygen atoms in total. The molecule has 0 aromatic heterocycles. The van der Waals surface area contributed by atoms with Crippen LogP contribution in [0.2, 0.25) is 0 Å². The van der Waals surface area contributed by atoms with Gasteiger partial charge in [-0.15, -0.1) is 0 Å². The van der Waals surface area contributed by atoms with Gasteiger partial charge in [0.05, 0.1) is 10.3 Å². The molecule has 0 unspecified atom stereocenters. The van der Waals surface area contributed by atoms with Gasteiger partial charge in [-0.1, -0.05) is 25.0 Å². The number of nitrogens with zero attached hydrogens (tertiary/aromatic N) is 1. The Morgan fingerprint density at radius 3 is 2.42 bits per heavy atom. The number of carbonyl (C=O) groups is 2. The molecule has 2 N–H and O–H groups in total. The Kier molecular flexibility index (Phi) is 6.68. The molecule has 1 fully saturated rings. The van der Waals surface area contributed by atoms with Crippen LogP contribution in [-0.2, 0) is 20.7 Å². The number of nitro groups is 1. The van der Waals surface area contributed by atoms with Gasteiger partial charge in [0.15, 0.2) is 0 Å². The minimum absolute atomic E-state index is 0.0610. The van der Waals surface area contributed by atoms with Crippen molar-refractivity contribution in [1.82, 2.24) is 5.32 Å². The van der Waals surface area contributed by atoms with Gasteiger partial charge in [-0.25, -0.2) is 4.79 Å². The van der Waals surface area contributed by atoms with Crippen molar-refractivity contribution in [3.63, 3.8) is 0 Å². The second-order valence-electron chi connectivity index (χ2n) is 6.72. The Balaban J connectivity index is 2.08. The van der Waals surface area contributed by atoms with E-state index in [9.17, 15) is 24.8 Å². The lowest BCUT2D eigenvalue weighted by Gasteiger charge is -2.29. The number of carboxylic acids is 1. The summed E-state index contributed by atoms with van der Waals surface area (Å²) in [4.78, 5) is 34.6. The number of hydrogen-bond donors (Lipinski definition) is 2. The molecule has 1 amide bonds. The van der Waals surface area contributed by atoms with Gasteiger partial charge in [0, 0.05) is 32.3 Å². The highest BCUT2D eigenvalue weighted by Gasteiger charge is 2.42. The van der Waals surface area contributed by atoms with E-state index in [0.717, 1.165) is 25.7 Å². The summed E-state index contributed by atoms with van der Waals surface area (Å²) < 4.78 is 5.11. The van der Waals surface area contributed by atoms with Crippen molar-refractivity contribution in [3.8, 4) is 0 Å². The highest BCUT2D eigenvalue weighted by atomic mass is 16.6. The molecule has 1 saturated carbocycles. The van der Waals surface area contributed by atoms with E-state index < -0.39 is 22.3 Å². The molecule has 1 atom stereocenters. The van der Waals surface area contributed by atoms with Crippen molar-refractivity contribution in [3.05, 3.63) is 39.9 Å². The zero-order valence-corrected chi connectivity index (χ0v) is 14.8. The van der Waals surface area contributed by atoms with Crippen molar-refractivity contribution in [1.29, 1.82) is 0 Å². The largest absolute Gasteiger partial charge is 0.480 e. The van der Waals surface area contributed by atoms with Gasteiger partial charge < -0.3 is 15.2 Å². The third-order valence-electron chi connectivity index (χ3n) is 5.02. The van der Waals surface area contributed by atoms with Crippen molar-refractivity contribution in [2.75, 3.05) is 13.7 Å². The summed E-state index contributed by atoms with van der Waals surface area (Å²) in [5, 5.41) is 22.8. The van der Waals surface area contributed by atoms with E-state index in [0.29, 0.717) is 18.6 Å². The van der Waals surface area contributed by atoms with E-state index in [1.54, 1.807) is 7.11 Å². The monoisotopic (exact) mass is 364 g/mol. The molecule has 0 saturated heterocycles. The molecule has 0 aliphatic heterocycles. The number of nitro benzene ring substituents is 1. The number of carbonyl (C=O) groups excluding carboxylic acids is 1. The average Bonchev–Trinajstić information content (AvgIpc) is 3.10. The molecule has 1 aliphatic rings. The number of rotatable bonds is 9. The molecule has 0 radical (unpaired) electrons. The number of aliphatic carboxylic acids is 1. The van der Waals surface area contributed by atoms with Crippen LogP contribution in [0, 0.1) is 15.5 Å². The van der Waals surface area contributed by atoms with E-state index >= 15 is 0 Å². The smallest absolute Gasteiger partial charge is 0.326 e. The van der Waals surface area contributed by atoms with Crippen LogP contribution in [0.1, 0.15) is 37.7 Å². The summed E-state index contributed by atoms with van der Waals surface area (Å²) in [7, 11) is 1.58. The highest BCUT2D eigenvalue weighted by molar-refractivity contribution is 5.87. The fourth-order valence-electron chi connectivity index (χ4n) is 3.44. The number of non-ortho nitro benzene ring substituents is 1. The normalized spacial score (nSPS) is 16.8. The van der Waals surface area contributed by atoms with E-state index in [4.69, 9.17) is 4.74 Å². The highest BCUT2D eigenvalue weighted by Crippen LogP contribution is 2.41. The van der Waals surface area contributed by atoms with Crippen molar-refractivity contribution in [2.24, 2.45) is 5.41 Å². The minimum atomic E-state index is -1.13. The van der Waals surface area contributed by atoms with Gasteiger partial charge in [0.1, 0.15) is 6.04 Å². The summed E-state index contributed by atoms with van der Waals surface area (Å²) in [6.45, 7) is 0.452. The molecular weight excluding hydrogens is 340 g/mol. The van der Waals surface area contributed by atoms with E-state index in [2.05, 4.69) is 5.32 Å². The molecule has 0 heterocycles. The standard InChI is InChI=1S/C18H24N2O6/c1-26-11-10-18(8-2-3-9-18)17(23)19-15(16(21)22)12-13-4-6-14(7-5-13)20(24)25/h4-7,15H,2-3,8-12H2,1H3,(H,19,23)(H,21,22)/t15-/m0/s1. The van der Waals surface area contributed by atoms with E-state index in [1.807, 2.05) is 0 Å². The summed E-state index contributed by atoms with van der Waals surface area (Å²) in [5.41, 5.74) is -0.0195. The minimum Gasteiger partial charge on any atom is -0.480 e. The predicted octanol–water partition coefficient (Wildman–Crippen LogP) is 2.30. The van der Waals surface area contributed by atoms with Crippen molar-refractivity contribution >= 4 is 17.6 Å². The Morgan fingerprint density at radius 2 is 1.92 bits per heavy atom. The van der Waals surface area contributed by atoms with Crippen LogP contribution in [-0.4, -0.2) is 41.7 Å². The van der Waals surface area contributed by atoms with Crippen LogP contribution in [0.5, 0.6) is 0 Å². The first-order chi connectivity index (χ1) is 12.4. The predicted molar refractivity (Wildman–Crippen MR) is 93.8 cm³/mol. The summed E-state index contributed by atoms with van der Waals surface area (Å²) in [6.07, 6.45) is 3.98. The molecular formula is C18H24N2O6. The average molecular weight is 364 g/mol. The summed E-state index contributed by atoms with van der Waals surface area (Å²) >= 11 is 0. The number of carboxylic acid groups (broad SMARTS) is 1. The van der Waals surface area contributed by atoms with E-state index in [-0.39, 0.29) is 18.0 Å². The zero-order chi connectivity index (χ0) is 19.2. The van der Waals surface area contributed by atoms with Crippen LogP contribution in [0.4, 0.5) is 5.69 Å². The maximum Gasteiger partial charge on any atom is 0.326 e. The van der Waals surface area contributed by atoms with Gasteiger partial charge in [-0.05, 0) is 24.8 Å². The summed E-state index contributed by atoms with van der Waals surface area (Å²) in [5.74, 6) is -1.38. The van der Waals surface area contributed by atoms with Crippen molar-refractivity contribution < 1.29 is 24.4 Å². The first kappa shape index (κ1) is 19.8. The first-order valence-corrected chi connectivity index (χ1v) is 8.64. The van der Waals surface area contributed by atoms with E-state index in [1.165, 1.54) is 24.3 Å². The lowest BCUT2D eigenvalue weighted by molar-refractivity contribution is -0.384. The zero-order valence-electron chi connectivity index (χ0n) is 14.8. The van der Waals surface area contributed by atoms with Crippen LogP contribution in [0.3, 0.4) is 0 Å². The number of methoxy groups -OCH3 is 1. The topological polar surface area (TPSA) is 119 Å². The third-order valence-corrected chi connectivity index (χ3v) is 5.02.